The highest BCUT2D eigenvalue weighted by Crippen LogP contribution is 2.30. The molecule has 5 nitrogen and oxygen atoms in total. The molecular weight excluding hydrogens is 338 g/mol. The molecule has 2 fully saturated rings. The van der Waals surface area contributed by atoms with Crippen LogP contribution in [0.5, 0.6) is 0 Å². The fourth-order valence-corrected chi connectivity index (χ4v) is 4.05. The lowest BCUT2D eigenvalue weighted by Crippen LogP contribution is -2.48. The van der Waals surface area contributed by atoms with E-state index in [0.717, 1.165) is 62.0 Å². The summed E-state index contributed by atoms with van der Waals surface area (Å²) < 4.78 is 5.40. The Hall–Kier alpha value is -1.59. The van der Waals surface area contributed by atoms with Crippen LogP contribution in [0.4, 0.5) is 0 Å². The molecule has 0 unspecified atom stereocenters. The van der Waals surface area contributed by atoms with Crippen molar-refractivity contribution in [2.75, 3.05) is 20.1 Å². The lowest BCUT2D eigenvalue weighted by molar-refractivity contribution is -0.139. The average Bonchev–Trinajstić information content (AvgIpc) is 2.95. The lowest BCUT2D eigenvalue weighted by atomic mass is 9.84. The number of hydrogen-bond donors (Lipinski definition) is 0. The first-order valence-corrected chi connectivity index (χ1v) is 9.52. The largest absolute Gasteiger partial charge is 0.356 e. The van der Waals surface area contributed by atoms with Crippen LogP contribution in [-0.4, -0.2) is 47.0 Å². The molecule has 25 heavy (non-hydrogen) atoms. The second-order valence-electron chi connectivity index (χ2n) is 7.37. The number of carbonyl (C=O) groups is 1. The first-order chi connectivity index (χ1) is 12.1. The van der Waals surface area contributed by atoms with E-state index in [1.807, 2.05) is 18.2 Å². The Kier molecular flexibility index (Phi) is 4.69. The van der Waals surface area contributed by atoms with E-state index in [1.54, 1.807) is 0 Å². The summed E-state index contributed by atoms with van der Waals surface area (Å²) in [5.74, 6) is 0.685. The Morgan fingerprint density at radius 1 is 1.32 bits per heavy atom. The number of nitrogens with zero attached hydrogens (tertiary/aromatic N) is 3. The molecule has 1 aliphatic heterocycles. The van der Waals surface area contributed by atoms with Crippen molar-refractivity contribution in [2.45, 2.75) is 44.7 Å². The number of amides is 1. The number of halogens is 1. The predicted molar refractivity (Wildman–Crippen MR) is 97.4 cm³/mol. The van der Waals surface area contributed by atoms with E-state index >= 15 is 0 Å². The molecule has 0 bridgehead atoms. The van der Waals surface area contributed by atoms with E-state index in [9.17, 15) is 4.79 Å². The van der Waals surface area contributed by atoms with Crippen LogP contribution in [0.3, 0.4) is 0 Å². The standard InChI is InChI=1S/C19H24ClN3O2/c1-22(12-17-16-11-14(20)5-6-18(16)25-21-17)15-7-9-23(10-8-15)19(24)13-3-2-4-13/h5-6,11,13,15H,2-4,7-10,12H2,1H3. The van der Waals surface area contributed by atoms with Crippen molar-refractivity contribution >= 4 is 28.5 Å². The Morgan fingerprint density at radius 2 is 2.08 bits per heavy atom. The molecular formula is C19H24ClN3O2. The monoisotopic (exact) mass is 361 g/mol. The van der Waals surface area contributed by atoms with Crippen LogP contribution in [0.15, 0.2) is 22.7 Å². The summed E-state index contributed by atoms with van der Waals surface area (Å²) in [7, 11) is 2.12. The number of likely N-dealkylation sites (tertiary alicyclic amines) is 1. The molecule has 0 spiro atoms. The first kappa shape index (κ1) is 16.9. The van der Waals surface area contributed by atoms with E-state index < -0.39 is 0 Å². The van der Waals surface area contributed by atoms with Crippen LogP contribution in [0.1, 0.15) is 37.8 Å². The van der Waals surface area contributed by atoms with Crippen molar-refractivity contribution in [3.63, 3.8) is 0 Å². The number of fused-ring (bicyclic) bond motifs is 1. The summed E-state index contributed by atoms with van der Waals surface area (Å²) in [6, 6.07) is 6.06. The van der Waals surface area contributed by atoms with Gasteiger partial charge in [0.25, 0.3) is 0 Å². The molecule has 134 valence electrons. The van der Waals surface area contributed by atoms with Gasteiger partial charge in [-0.2, -0.15) is 0 Å². The minimum Gasteiger partial charge on any atom is -0.356 e. The molecule has 1 saturated carbocycles. The van der Waals surface area contributed by atoms with Gasteiger partial charge in [0.1, 0.15) is 5.69 Å². The minimum atomic E-state index is 0.306. The van der Waals surface area contributed by atoms with Crippen molar-refractivity contribution in [2.24, 2.45) is 5.92 Å². The summed E-state index contributed by atoms with van der Waals surface area (Å²) in [6.07, 6.45) is 5.42. The molecule has 2 heterocycles. The first-order valence-electron chi connectivity index (χ1n) is 9.14. The fraction of sp³-hybridized carbons (Fsp3) is 0.579. The van der Waals surface area contributed by atoms with Crippen LogP contribution in [0, 0.1) is 5.92 Å². The number of rotatable bonds is 4. The zero-order valence-corrected chi connectivity index (χ0v) is 15.3. The van der Waals surface area contributed by atoms with Crippen molar-refractivity contribution in [1.29, 1.82) is 0 Å². The van der Waals surface area contributed by atoms with Gasteiger partial charge in [-0.1, -0.05) is 23.2 Å². The second-order valence-corrected chi connectivity index (χ2v) is 7.81. The van der Waals surface area contributed by atoms with Gasteiger partial charge in [0.2, 0.25) is 5.91 Å². The Balaban J connectivity index is 1.36. The van der Waals surface area contributed by atoms with Gasteiger partial charge in [-0.05, 0) is 50.9 Å². The molecule has 6 heteroatoms. The summed E-state index contributed by atoms with van der Waals surface area (Å²) in [6.45, 7) is 2.47. The number of carbonyl (C=O) groups excluding carboxylic acids is 1. The smallest absolute Gasteiger partial charge is 0.225 e. The molecule has 1 aromatic heterocycles. The van der Waals surface area contributed by atoms with E-state index in [2.05, 4.69) is 22.0 Å². The van der Waals surface area contributed by atoms with Crippen LogP contribution in [-0.2, 0) is 11.3 Å². The van der Waals surface area contributed by atoms with E-state index in [4.69, 9.17) is 16.1 Å². The van der Waals surface area contributed by atoms with Crippen molar-refractivity contribution in [1.82, 2.24) is 15.0 Å². The lowest BCUT2D eigenvalue weighted by Gasteiger charge is -2.39. The average molecular weight is 362 g/mol. The van der Waals surface area contributed by atoms with E-state index in [0.29, 0.717) is 22.9 Å². The molecule has 2 aromatic rings. The normalized spacial score (nSPS) is 19.6. The number of aromatic nitrogens is 1. The summed E-state index contributed by atoms with van der Waals surface area (Å²) in [5, 5.41) is 5.90. The summed E-state index contributed by atoms with van der Waals surface area (Å²) in [5.41, 5.74) is 1.70. The van der Waals surface area contributed by atoms with Gasteiger partial charge >= 0.3 is 0 Å². The molecule has 0 radical (unpaired) electrons. The summed E-state index contributed by atoms with van der Waals surface area (Å²) in [4.78, 5) is 16.8. The highest BCUT2D eigenvalue weighted by molar-refractivity contribution is 6.31. The SMILES string of the molecule is CN(Cc1noc2ccc(Cl)cc12)C1CCN(C(=O)C2CCC2)CC1. The van der Waals surface area contributed by atoms with Crippen molar-refractivity contribution in [3.05, 3.63) is 28.9 Å². The fourth-order valence-electron chi connectivity index (χ4n) is 3.88. The maximum absolute atomic E-state index is 12.4. The van der Waals surface area contributed by atoms with Crippen LogP contribution in [0.2, 0.25) is 5.02 Å². The van der Waals surface area contributed by atoms with Gasteiger partial charge in [-0.15, -0.1) is 0 Å². The van der Waals surface area contributed by atoms with Gasteiger partial charge in [-0.3, -0.25) is 9.69 Å². The Morgan fingerprint density at radius 3 is 2.76 bits per heavy atom. The van der Waals surface area contributed by atoms with Crippen molar-refractivity contribution in [3.8, 4) is 0 Å². The molecule has 0 atom stereocenters. The van der Waals surface area contributed by atoms with E-state index in [-0.39, 0.29) is 0 Å². The van der Waals surface area contributed by atoms with Crippen LogP contribution < -0.4 is 0 Å². The Labute approximate surface area is 152 Å². The number of piperidine rings is 1. The quantitative estimate of drug-likeness (QED) is 0.833. The summed E-state index contributed by atoms with van der Waals surface area (Å²) >= 11 is 6.10. The predicted octanol–water partition coefficient (Wildman–Crippen LogP) is 3.70. The maximum atomic E-state index is 12.4. The minimum absolute atomic E-state index is 0.306. The molecule has 1 aliphatic carbocycles. The van der Waals surface area contributed by atoms with Crippen LogP contribution >= 0.6 is 11.6 Å². The number of hydrogen-bond acceptors (Lipinski definition) is 4. The molecule has 1 amide bonds. The topological polar surface area (TPSA) is 49.6 Å². The maximum Gasteiger partial charge on any atom is 0.225 e. The molecule has 0 N–H and O–H groups in total. The van der Waals surface area contributed by atoms with Crippen LogP contribution in [0.25, 0.3) is 11.0 Å². The van der Waals surface area contributed by atoms with Gasteiger partial charge in [-0.25, -0.2) is 0 Å². The second kappa shape index (κ2) is 6.96. The third-order valence-electron chi connectivity index (χ3n) is 5.76. The molecule has 2 aliphatic rings. The van der Waals surface area contributed by atoms with Gasteiger partial charge in [0, 0.05) is 42.0 Å². The molecule has 4 rings (SSSR count). The third kappa shape index (κ3) is 3.40. The van der Waals surface area contributed by atoms with E-state index in [1.165, 1.54) is 6.42 Å². The molecule has 1 saturated heterocycles. The zero-order valence-electron chi connectivity index (χ0n) is 14.6. The van der Waals surface area contributed by atoms with Gasteiger partial charge in [0.05, 0.1) is 0 Å². The third-order valence-corrected chi connectivity index (χ3v) is 5.99. The number of benzene rings is 1. The zero-order chi connectivity index (χ0) is 17.4. The Bertz CT molecular complexity index is 763. The highest BCUT2D eigenvalue weighted by Gasteiger charge is 2.32. The van der Waals surface area contributed by atoms with Crippen molar-refractivity contribution < 1.29 is 9.32 Å². The van der Waals surface area contributed by atoms with Gasteiger partial charge in [0.15, 0.2) is 5.58 Å². The highest BCUT2D eigenvalue weighted by atomic mass is 35.5. The molecule has 1 aromatic carbocycles. The van der Waals surface area contributed by atoms with Gasteiger partial charge < -0.3 is 9.42 Å².